The summed E-state index contributed by atoms with van der Waals surface area (Å²) in [5.74, 6) is -0.685. The number of hydrogen-bond acceptors (Lipinski definition) is 5. The van der Waals surface area contributed by atoms with Crippen molar-refractivity contribution in [3.05, 3.63) is 102 Å². The third-order valence-corrected chi connectivity index (χ3v) is 5.21. The molecule has 0 unspecified atom stereocenters. The Kier molecular flexibility index (Phi) is 6.85. The van der Waals surface area contributed by atoms with Gasteiger partial charge in [-0.3, -0.25) is 14.9 Å². The zero-order chi connectivity index (χ0) is 23.2. The van der Waals surface area contributed by atoms with Crippen LogP contribution >= 0.6 is 0 Å². The van der Waals surface area contributed by atoms with Crippen LogP contribution in [0.15, 0.2) is 73.2 Å². The highest BCUT2D eigenvalue weighted by molar-refractivity contribution is 5.88. The smallest absolute Gasteiger partial charge is 0.335 e. The van der Waals surface area contributed by atoms with Crippen LogP contribution in [0.5, 0.6) is 0 Å². The van der Waals surface area contributed by atoms with Gasteiger partial charge < -0.3 is 9.67 Å². The molecule has 1 N–H and O–H groups in total. The van der Waals surface area contributed by atoms with Crippen molar-refractivity contribution in [1.82, 2.24) is 24.4 Å². The summed E-state index contributed by atoms with van der Waals surface area (Å²) in [6, 6.07) is 15.2. The number of carbonyl (C=O) groups is 1. The molecule has 4 aromatic rings. The van der Waals surface area contributed by atoms with Crippen molar-refractivity contribution in [2.45, 2.75) is 26.1 Å². The maximum atomic E-state index is 13.2. The molecular formula is C25H24FN5O2. The highest BCUT2D eigenvalue weighted by atomic mass is 19.1. The molecule has 0 spiro atoms. The first-order valence-electron chi connectivity index (χ1n) is 10.6. The summed E-state index contributed by atoms with van der Waals surface area (Å²) >= 11 is 0. The minimum absolute atomic E-state index is 0.155. The van der Waals surface area contributed by atoms with Gasteiger partial charge in [0.2, 0.25) is 0 Å². The fourth-order valence-electron chi connectivity index (χ4n) is 3.61. The Bertz CT molecular complexity index is 1230. The number of aryl methyl sites for hydroxylation is 2. The van der Waals surface area contributed by atoms with Crippen molar-refractivity contribution in [3.8, 4) is 11.5 Å². The zero-order valence-corrected chi connectivity index (χ0v) is 18.2. The van der Waals surface area contributed by atoms with Crippen molar-refractivity contribution in [3.63, 3.8) is 0 Å². The van der Waals surface area contributed by atoms with E-state index in [2.05, 4.69) is 14.9 Å². The first-order chi connectivity index (χ1) is 16.0. The number of carboxylic acid groups (broad SMARTS) is 1. The van der Waals surface area contributed by atoms with Gasteiger partial charge in [-0.05, 0) is 55.4 Å². The van der Waals surface area contributed by atoms with E-state index < -0.39 is 5.97 Å². The Morgan fingerprint density at radius 3 is 2.55 bits per heavy atom. The molecule has 168 valence electrons. The number of aromatic carboxylic acids is 1. The molecule has 4 rings (SSSR count). The Hall–Kier alpha value is -3.91. The van der Waals surface area contributed by atoms with Gasteiger partial charge in [-0.25, -0.2) is 14.2 Å². The number of aromatic nitrogens is 4. The van der Waals surface area contributed by atoms with E-state index in [1.807, 2.05) is 36.0 Å². The largest absolute Gasteiger partial charge is 0.478 e. The second-order valence-electron chi connectivity index (χ2n) is 7.85. The quantitative estimate of drug-likeness (QED) is 0.418. The van der Waals surface area contributed by atoms with Gasteiger partial charge in [-0.2, -0.15) is 0 Å². The van der Waals surface area contributed by atoms with Gasteiger partial charge in [0.1, 0.15) is 11.5 Å². The number of nitrogens with zero attached hydrogens (tertiary/aromatic N) is 5. The maximum Gasteiger partial charge on any atom is 0.335 e. The molecule has 0 atom stereocenters. The monoisotopic (exact) mass is 445 g/mol. The van der Waals surface area contributed by atoms with E-state index in [1.54, 1.807) is 18.3 Å². The van der Waals surface area contributed by atoms with Crippen LogP contribution in [0.4, 0.5) is 4.39 Å². The van der Waals surface area contributed by atoms with E-state index in [4.69, 9.17) is 4.98 Å². The van der Waals surface area contributed by atoms with Gasteiger partial charge in [-0.15, -0.1) is 0 Å². The average Bonchev–Trinajstić information content (AvgIpc) is 3.21. The number of halogens is 1. The van der Waals surface area contributed by atoms with Crippen LogP contribution in [-0.4, -0.2) is 42.5 Å². The maximum absolute atomic E-state index is 13.2. The SMILES string of the molecule is CN(Cc1ccccn1)Cc1cn(CCc2ccc(F)cc2)c(-c2cc(C(=O)O)ccn2)n1. The van der Waals surface area contributed by atoms with Crippen LogP contribution in [0, 0.1) is 5.82 Å². The van der Waals surface area contributed by atoms with Gasteiger partial charge in [0.15, 0.2) is 5.82 Å². The highest BCUT2D eigenvalue weighted by Gasteiger charge is 2.15. The molecule has 1 aromatic carbocycles. The van der Waals surface area contributed by atoms with E-state index >= 15 is 0 Å². The molecule has 0 saturated carbocycles. The number of benzene rings is 1. The average molecular weight is 445 g/mol. The second kappa shape index (κ2) is 10.1. The van der Waals surface area contributed by atoms with Crippen LogP contribution < -0.4 is 0 Å². The number of pyridine rings is 2. The van der Waals surface area contributed by atoms with Gasteiger partial charge in [0.05, 0.1) is 17.0 Å². The van der Waals surface area contributed by atoms with Crippen LogP contribution in [0.1, 0.15) is 27.3 Å². The summed E-state index contributed by atoms with van der Waals surface area (Å²) in [6.07, 6.45) is 5.88. The fraction of sp³-hybridized carbons (Fsp3) is 0.200. The lowest BCUT2D eigenvalue weighted by Crippen LogP contribution is -2.18. The molecule has 33 heavy (non-hydrogen) atoms. The standard InChI is InChI=1S/C25H24FN5O2/c1-30(15-21-4-2-3-11-27-21)16-22-17-31(13-10-18-5-7-20(26)8-6-18)24(29-22)23-14-19(25(32)33)9-12-28-23/h2-9,11-12,14,17H,10,13,15-16H2,1H3,(H,32,33). The molecule has 0 aliphatic heterocycles. The lowest BCUT2D eigenvalue weighted by atomic mass is 10.1. The topological polar surface area (TPSA) is 84.1 Å². The van der Waals surface area contributed by atoms with E-state index in [-0.39, 0.29) is 11.4 Å². The molecule has 0 aliphatic carbocycles. The molecule has 0 radical (unpaired) electrons. The highest BCUT2D eigenvalue weighted by Crippen LogP contribution is 2.20. The lowest BCUT2D eigenvalue weighted by Gasteiger charge is -2.14. The Labute approximate surface area is 191 Å². The van der Waals surface area contributed by atoms with Gasteiger partial charge >= 0.3 is 5.97 Å². The van der Waals surface area contributed by atoms with E-state index in [1.165, 1.54) is 30.5 Å². The number of imidazole rings is 1. The summed E-state index contributed by atoms with van der Waals surface area (Å²) in [7, 11) is 2.00. The summed E-state index contributed by atoms with van der Waals surface area (Å²) < 4.78 is 15.2. The Balaban J connectivity index is 1.58. The van der Waals surface area contributed by atoms with Crippen molar-refractivity contribution in [1.29, 1.82) is 0 Å². The fourth-order valence-corrected chi connectivity index (χ4v) is 3.61. The van der Waals surface area contributed by atoms with Crippen molar-refractivity contribution >= 4 is 5.97 Å². The van der Waals surface area contributed by atoms with Gasteiger partial charge in [0, 0.05) is 38.2 Å². The van der Waals surface area contributed by atoms with Crippen LogP contribution in [0.25, 0.3) is 11.5 Å². The summed E-state index contributed by atoms with van der Waals surface area (Å²) in [5, 5.41) is 9.37. The summed E-state index contributed by atoms with van der Waals surface area (Å²) in [5.41, 5.74) is 3.45. The predicted octanol–water partition coefficient (Wildman–Crippen LogP) is 4.05. The molecule has 0 aliphatic rings. The first-order valence-corrected chi connectivity index (χ1v) is 10.6. The zero-order valence-electron chi connectivity index (χ0n) is 18.2. The third-order valence-electron chi connectivity index (χ3n) is 5.21. The lowest BCUT2D eigenvalue weighted by molar-refractivity contribution is 0.0697. The molecule has 0 fully saturated rings. The van der Waals surface area contributed by atoms with Crippen LogP contribution in [-0.2, 0) is 26.1 Å². The molecule has 0 bridgehead atoms. The number of carboxylic acids is 1. The molecule has 0 saturated heterocycles. The Morgan fingerprint density at radius 1 is 1.03 bits per heavy atom. The van der Waals surface area contributed by atoms with Crippen molar-refractivity contribution in [2.75, 3.05) is 7.05 Å². The minimum Gasteiger partial charge on any atom is -0.478 e. The molecule has 8 heteroatoms. The third kappa shape index (κ3) is 5.87. The van der Waals surface area contributed by atoms with Crippen molar-refractivity contribution < 1.29 is 14.3 Å². The minimum atomic E-state index is -1.02. The molecule has 3 heterocycles. The molecular weight excluding hydrogens is 421 g/mol. The van der Waals surface area contributed by atoms with Crippen LogP contribution in [0.2, 0.25) is 0 Å². The van der Waals surface area contributed by atoms with Crippen molar-refractivity contribution in [2.24, 2.45) is 0 Å². The molecule has 0 amide bonds. The summed E-state index contributed by atoms with van der Waals surface area (Å²) in [6.45, 7) is 1.86. The molecule has 3 aromatic heterocycles. The van der Waals surface area contributed by atoms with E-state index in [9.17, 15) is 14.3 Å². The normalized spacial score (nSPS) is 11.1. The number of hydrogen-bond donors (Lipinski definition) is 1. The van der Waals surface area contributed by atoms with Crippen LogP contribution in [0.3, 0.4) is 0 Å². The Morgan fingerprint density at radius 2 is 1.82 bits per heavy atom. The van der Waals surface area contributed by atoms with Gasteiger partial charge in [0.25, 0.3) is 0 Å². The summed E-state index contributed by atoms with van der Waals surface area (Å²) in [4.78, 5) is 27.0. The van der Waals surface area contributed by atoms with E-state index in [0.29, 0.717) is 37.6 Å². The second-order valence-corrected chi connectivity index (χ2v) is 7.85. The predicted molar refractivity (Wildman–Crippen MR) is 122 cm³/mol. The van der Waals surface area contributed by atoms with Gasteiger partial charge in [-0.1, -0.05) is 18.2 Å². The van der Waals surface area contributed by atoms with E-state index in [0.717, 1.165) is 17.0 Å². The molecule has 7 nitrogen and oxygen atoms in total. The first kappa shape index (κ1) is 22.3. The number of rotatable bonds is 9.